The molecule has 0 bridgehead atoms. The molecule has 0 spiro atoms. The number of aliphatic imine (C=N–C) groups is 1. The fourth-order valence-corrected chi connectivity index (χ4v) is 3.00. The number of allylic oxidation sites excluding steroid dienone is 4. The molecule has 24 heavy (non-hydrogen) atoms. The van der Waals surface area contributed by atoms with Gasteiger partial charge >= 0.3 is 6.18 Å². The van der Waals surface area contributed by atoms with Gasteiger partial charge in [-0.15, -0.1) is 0 Å². The topological polar surface area (TPSA) is 39.4 Å². The summed E-state index contributed by atoms with van der Waals surface area (Å²) in [7, 11) is 0. The Balaban J connectivity index is 2.34. The second kappa shape index (κ2) is 5.53. The number of rotatable bonds is 1. The third-order valence-corrected chi connectivity index (χ3v) is 4.17. The molecule has 2 aliphatic heterocycles. The van der Waals surface area contributed by atoms with Crippen LogP contribution in [0.1, 0.15) is 11.1 Å². The fraction of sp³-hybridized carbons (Fsp3) is 0.176. The summed E-state index contributed by atoms with van der Waals surface area (Å²) in [5.74, 6) is 0. The lowest BCUT2D eigenvalue weighted by atomic mass is 9.92. The van der Waals surface area contributed by atoms with Crippen molar-refractivity contribution in [3.05, 3.63) is 71.1 Å². The number of aryl methyl sites for hydroxylation is 1. The first-order valence-electron chi connectivity index (χ1n) is 6.99. The Morgan fingerprint density at radius 3 is 2.46 bits per heavy atom. The maximum atomic E-state index is 14.2. The molecule has 2 aliphatic rings. The lowest BCUT2D eigenvalue weighted by Gasteiger charge is -2.45. The van der Waals surface area contributed by atoms with Crippen LogP contribution in [0.4, 0.5) is 13.2 Å². The number of fused-ring (bicyclic) bond motifs is 1. The zero-order chi connectivity index (χ0) is 17.5. The molecule has 3 rings (SSSR count). The molecule has 122 valence electrons. The van der Waals surface area contributed by atoms with Crippen LogP contribution in [-0.4, -0.2) is 16.2 Å². The Morgan fingerprint density at radius 1 is 1.21 bits per heavy atom. The maximum Gasteiger partial charge on any atom is 0.437 e. The van der Waals surface area contributed by atoms with E-state index >= 15 is 0 Å². The van der Waals surface area contributed by atoms with Crippen LogP contribution >= 0.6 is 11.6 Å². The van der Waals surface area contributed by atoms with Gasteiger partial charge in [0, 0.05) is 11.8 Å². The highest BCUT2D eigenvalue weighted by Crippen LogP contribution is 2.50. The van der Waals surface area contributed by atoms with Crippen molar-refractivity contribution in [3.8, 4) is 6.07 Å². The molecule has 0 amide bonds. The highest BCUT2D eigenvalue weighted by Gasteiger charge is 2.62. The van der Waals surface area contributed by atoms with E-state index in [2.05, 4.69) is 4.99 Å². The number of hydrogen-bond donors (Lipinski definition) is 0. The third kappa shape index (κ3) is 2.24. The molecule has 3 nitrogen and oxygen atoms in total. The largest absolute Gasteiger partial charge is 0.437 e. The minimum Gasteiger partial charge on any atom is -0.310 e. The second-order valence-electron chi connectivity index (χ2n) is 5.38. The van der Waals surface area contributed by atoms with Crippen molar-refractivity contribution in [1.82, 2.24) is 4.90 Å². The predicted molar refractivity (Wildman–Crippen MR) is 85.0 cm³/mol. The zero-order valence-corrected chi connectivity index (χ0v) is 13.2. The smallest absolute Gasteiger partial charge is 0.310 e. The molecule has 0 N–H and O–H groups in total. The van der Waals surface area contributed by atoms with E-state index in [-0.39, 0.29) is 16.8 Å². The Kier molecular flexibility index (Phi) is 3.77. The van der Waals surface area contributed by atoms with Crippen LogP contribution in [0, 0.1) is 18.3 Å². The van der Waals surface area contributed by atoms with Gasteiger partial charge in [0.1, 0.15) is 16.8 Å². The molecular weight excluding hydrogens is 339 g/mol. The van der Waals surface area contributed by atoms with E-state index in [1.807, 2.05) is 6.07 Å². The maximum absolute atomic E-state index is 14.2. The molecule has 1 aromatic carbocycles. The van der Waals surface area contributed by atoms with Gasteiger partial charge in [-0.05, 0) is 19.1 Å². The summed E-state index contributed by atoms with van der Waals surface area (Å²) in [6.45, 7) is 1.78. The van der Waals surface area contributed by atoms with Crippen molar-refractivity contribution in [2.24, 2.45) is 4.99 Å². The number of alkyl halides is 3. The number of hydrogen-bond acceptors (Lipinski definition) is 3. The summed E-state index contributed by atoms with van der Waals surface area (Å²) < 4.78 is 42.6. The molecule has 0 aliphatic carbocycles. The lowest BCUT2D eigenvalue weighted by Crippen LogP contribution is -2.54. The molecule has 1 aromatic rings. The summed E-state index contributed by atoms with van der Waals surface area (Å²) in [6, 6.07) is 7.74. The average molecular weight is 350 g/mol. The highest BCUT2D eigenvalue weighted by atomic mass is 35.5. The molecule has 1 unspecified atom stereocenters. The van der Waals surface area contributed by atoms with Crippen LogP contribution in [0.2, 0.25) is 0 Å². The standard InChI is InChI=1S/C17H11ClF3N3/c1-11-5-7-12(8-6-11)16(17(19,20)21)23-15(18)13(10-22)14-4-2-3-9-24(14)16/h2-9H,1H3. The fourth-order valence-electron chi connectivity index (χ4n) is 2.74. The summed E-state index contributed by atoms with van der Waals surface area (Å²) >= 11 is 5.96. The number of halogens is 4. The van der Waals surface area contributed by atoms with E-state index in [9.17, 15) is 18.4 Å². The third-order valence-electron chi connectivity index (χ3n) is 3.89. The van der Waals surface area contributed by atoms with Crippen molar-refractivity contribution < 1.29 is 13.2 Å². The first kappa shape index (κ1) is 16.3. The molecule has 0 fully saturated rings. The summed E-state index contributed by atoms with van der Waals surface area (Å²) in [5.41, 5.74) is -1.99. The summed E-state index contributed by atoms with van der Waals surface area (Å²) in [5, 5.41) is 8.78. The first-order chi connectivity index (χ1) is 11.3. The van der Waals surface area contributed by atoms with E-state index in [0.717, 1.165) is 10.5 Å². The molecule has 1 atom stereocenters. The predicted octanol–water partition coefficient (Wildman–Crippen LogP) is 4.52. The van der Waals surface area contributed by atoms with Gasteiger partial charge in [0.2, 0.25) is 0 Å². The summed E-state index contributed by atoms with van der Waals surface area (Å²) in [6.07, 6.45) is 0.929. The van der Waals surface area contributed by atoms with Crippen molar-refractivity contribution in [2.45, 2.75) is 18.8 Å². The van der Waals surface area contributed by atoms with Gasteiger partial charge in [0.15, 0.2) is 0 Å². The number of benzene rings is 1. The minimum absolute atomic E-state index is 0.0675. The van der Waals surface area contributed by atoms with Crippen LogP contribution in [0.15, 0.2) is 65.0 Å². The van der Waals surface area contributed by atoms with Crippen molar-refractivity contribution in [3.63, 3.8) is 0 Å². The molecule has 0 radical (unpaired) electrons. The number of nitriles is 1. The Morgan fingerprint density at radius 2 is 1.88 bits per heavy atom. The quantitative estimate of drug-likeness (QED) is 0.747. The van der Waals surface area contributed by atoms with Crippen molar-refractivity contribution in [1.29, 1.82) is 5.26 Å². The van der Waals surface area contributed by atoms with Crippen molar-refractivity contribution >= 4 is 16.8 Å². The zero-order valence-electron chi connectivity index (χ0n) is 12.5. The minimum atomic E-state index is -4.76. The van der Waals surface area contributed by atoms with Crippen LogP contribution in [0.25, 0.3) is 0 Å². The molecular formula is C17H11ClF3N3. The van der Waals surface area contributed by atoms with E-state index < -0.39 is 17.0 Å². The van der Waals surface area contributed by atoms with Gasteiger partial charge in [-0.25, -0.2) is 4.99 Å². The molecule has 7 heteroatoms. The Labute approximate surface area is 141 Å². The summed E-state index contributed by atoms with van der Waals surface area (Å²) in [4.78, 5) is 4.69. The van der Waals surface area contributed by atoms with E-state index in [4.69, 9.17) is 11.6 Å². The van der Waals surface area contributed by atoms with Gasteiger partial charge < -0.3 is 4.90 Å². The second-order valence-corrected chi connectivity index (χ2v) is 5.74. The average Bonchev–Trinajstić information content (AvgIpc) is 2.54. The van der Waals surface area contributed by atoms with Gasteiger partial charge in [0.05, 0.1) is 5.70 Å². The Bertz CT molecular complexity index is 841. The van der Waals surface area contributed by atoms with Crippen LogP contribution in [-0.2, 0) is 5.66 Å². The normalized spacial score (nSPS) is 23.0. The Hall–Kier alpha value is -2.52. The van der Waals surface area contributed by atoms with Crippen LogP contribution in [0.3, 0.4) is 0 Å². The molecule has 0 saturated heterocycles. The van der Waals surface area contributed by atoms with Gasteiger partial charge in [-0.2, -0.15) is 18.4 Å². The van der Waals surface area contributed by atoms with Gasteiger partial charge in [-0.3, -0.25) is 0 Å². The van der Waals surface area contributed by atoms with E-state index in [1.165, 1.54) is 30.5 Å². The molecule has 0 aromatic heterocycles. The first-order valence-corrected chi connectivity index (χ1v) is 7.37. The van der Waals surface area contributed by atoms with Gasteiger partial charge in [-0.1, -0.05) is 47.5 Å². The SMILES string of the molecule is Cc1ccc(C2(C(F)(F)F)N=C(Cl)C(C#N)=C3C=CC=CN32)cc1. The molecule has 0 saturated carbocycles. The van der Waals surface area contributed by atoms with Crippen LogP contribution in [0.5, 0.6) is 0 Å². The molecule has 2 heterocycles. The van der Waals surface area contributed by atoms with Crippen molar-refractivity contribution in [2.75, 3.05) is 0 Å². The highest BCUT2D eigenvalue weighted by molar-refractivity contribution is 6.70. The van der Waals surface area contributed by atoms with E-state index in [1.54, 1.807) is 25.1 Å². The van der Waals surface area contributed by atoms with E-state index in [0.29, 0.717) is 0 Å². The van der Waals surface area contributed by atoms with Gasteiger partial charge in [0.25, 0.3) is 5.66 Å². The monoisotopic (exact) mass is 349 g/mol. The van der Waals surface area contributed by atoms with Crippen LogP contribution < -0.4 is 0 Å². The lowest BCUT2D eigenvalue weighted by molar-refractivity contribution is -0.222. The number of nitrogens with zero attached hydrogens (tertiary/aromatic N) is 3.